The summed E-state index contributed by atoms with van der Waals surface area (Å²) in [6.07, 6.45) is 2.24. The van der Waals surface area contributed by atoms with Crippen LogP contribution in [0, 0.1) is 0 Å². The molecule has 2 rings (SSSR count). The lowest BCUT2D eigenvalue weighted by atomic mass is 10.2. The molecule has 0 unspecified atom stereocenters. The monoisotopic (exact) mass is 278 g/mol. The minimum Gasteiger partial charge on any atom is -0.147 e. The Morgan fingerprint density at radius 3 is 1.61 bits per heavy atom. The van der Waals surface area contributed by atoms with Gasteiger partial charge in [-0.2, -0.15) is 0 Å². The van der Waals surface area contributed by atoms with Crippen molar-refractivity contribution >= 4 is 31.6 Å². The highest BCUT2D eigenvalue weighted by Crippen LogP contribution is 2.13. The molecule has 0 atom stereocenters. The number of hydrogen-bond acceptors (Lipinski definition) is 0. The van der Waals surface area contributed by atoms with Gasteiger partial charge in [0, 0.05) is 0 Å². The van der Waals surface area contributed by atoms with Crippen LogP contribution in [0.1, 0.15) is 25.0 Å². The maximum Gasteiger partial charge on any atom is -0.0223 e. The van der Waals surface area contributed by atoms with Crippen molar-refractivity contribution < 1.29 is 0 Å². The Bertz CT molecular complexity index is 448. The molecule has 0 aliphatic rings. The molecule has 0 N–H and O–H groups in total. The number of hydrogen-bond donors (Lipinski definition) is 0. The third-order valence-corrected chi connectivity index (χ3v) is 4.16. The molecule has 0 heterocycles. The fraction of sp³-hybridized carbons (Fsp3) is 0.250. The molecular weight excluding hydrogens is 259 g/mol. The summed E-state index contributed by atoms with van der Waals surface area (Å²) in [5.74, 6) is 0. The van der Waals surface area contributed by atoms with E-state index >= 15 is 0 Å². The number of rotatable bonds is 4. The van der Waals surface area contributed by atoms with Gasteiger partial charge in [-0.25, -0.2) is 0 Å². The maximum absolute atomic E-state index is 2.33. The van der Waals surface area contributed by atoms with Crippen molar-refractivity contribution in [2.24, 2.45) is 0 Å². The third kappa shape index (κ3) is 4.12. The summed E-state index contributed by atoms with van der Waals surface area (Å²) in [6, 6.07) is 17.9. The van der Waals surface area contributed by atoms with Crippen LogP contribution in [0.25, 0.3) is 0 Å². The average Bonchev–Trinajstić information content (AvgIpc) is 2.39. The van der Waals surface area contributed by atoms with Gasteiger partial charge in [-0.1, -0.05) is 71.0 Å². The van der Waals surface area contributed by atoms with E-state index in [0.29, 0.717) is 0 Å². The van der Waals surface area contributed by atoms with Crippen LogP contribution in [0.2, 0.25) is 0 Å². The topological polar surface area (TPSA) is 0 Å². The summed E-state index contributed by atoms with van der Waals surface area (Å²) < 4.78 is 0. The van der Waals surface area contributed by atoms with Gasteiger partial charge < -0.3 is 0 Å². The van der Waals surface area contributed by atoms with E-state index in [2.05, 4.69) is 62.4 Å². The maximum atomic E-state index is 2.33. The Labute approximate surface area is 118 Å². The highest BCUT2D eigenvalue weighted by molar-refractivity contribution is 7.55. The van der Waals surface area contributed by atoms with Crippen molar-refractivity contribution in [2.75, 3.05) is 0 Å². The Morgan fingerprint density at radius 2 is 1.22 bits per heavy atom. The number of aryl methyl sites for hydroxylation is 2. The van der Waals surface area contributed by atoms with E-state index in [0.717, 1.165) is 21.4 Å². The second-order valence-corrected chi connectivity index (χ2v) is 5.64. The fourth-order valence-electron chi connectivity index (χ4n) is 1.90. The molecule has 0 aromatic heterocycles. The van der Waals surface area contributed by atoms with Crippen LogP contribution in [-0.2, 0) is 12.8 Å². The van der Waals surface area contributed by atoms with Crippen LogP contribution in [-0.4, -0.2) is 0 Å². The first kappa shape index (κ1) is 15.2. The third-order valence-electron chi connectivity index (χ3n) is 2.96. The molecule has 0 nitrogen and oxygen atoms in total. The molecule has 0 aliphatic carbocycles. The van der Waals surface area contributed by atoms with Crippen molar-refractivity contribution in [1.82, 2.24) is 0 Å². The van der Waals surface area contributed by atoms with Gasteiger partial charge in [0.2, 0.25) is 0 Å². The van der Waals surface area contributed by atoms with Crippen molar-refractivity contribution in [1.29, 1.82) is 0 Å². The molecule has 0 radical (unpaired) electrons. The van der Waals surface area contributed by atoms with Crippen molar-refractivity contribution in [3.05, 3.63) is 59.7 Å². The van der Waals surface area contributed by atoms with Crippen molar-refractivity contribution in [3.8, 4) is 0 Å². The zero-order valence-electron chi connectivity index (χ0n) is 10.9. The highest BCUT2D eigenvalue weighted by atomic mass is 35.5. The standard InChI is InChI=1S/C16H19P.ClH/c1-3-13-7-5-9-15(11-13)17-16-10-6-8-14(4-2)12-16;/h5-12,17H,3-4H2,1-2H3;1H. The fourth-order valence-corrected chi connectivity index (χ4v) is 3.11. The number of benzene rings is 2. The van der Waals surface area contributed by atoms with Crippen LogP contribution in [0.4, 0.5) is 0 Å². The minimum absolute atomic E-state index is 0. The van der Waals surface area contributed by atoms with Gasteiger partial charge in [-0.05, 0) is 34.6 Å². The van der Waals surface area contributed by atoms with Gasteiger partial charge >= 0.3 is 0 Å². The molecular formula is C16H20ClP. The average molecular weight is 279 g/mol. The lowest BCUT2D eigenvalue weighted by Gasteiger charge is -2.06. The smallest absolute Gasteiger partial charge is 0.0223 e. The number of halogens is 1. The molecule has 2 aromatic rings. The predicted molar refractivity (Wildman–Crippen MR) is 86.5 cm³/mol. The summed E-state index contributed by atoms with van der Waals surface area (Å²) >= 11 is 0. The van der Waals surface area contributed by atoms with E-state index in [1.807, 2.05) is 0 Å². The van der Waals surface area contributed by atoms with E-state index in [1.165, 1.54) is 21.7 Å². The Kier molecular flexibility index (Phi) is 6.39. The summed E-state index contributed by atoms with van der Waals surface area (Å²) in [7, 11) is 0.776. The van der Waals surface area contributed by atoms with Gasteiger partial charge in [-0.15, -0.1) is 12.4 Å². The van der Waals surface area contributed by atoms with Gasteiger partial charge in [0.15, 0.2) is 0 Å². The van der Waals surface area contributed by atoms with E-state index in [9.17, 15) is 0 Å². The summed E-state index contributed by atoms with van der Waals surface area (Å²) in [5, 5.41) is 2.88. The molecule has 0 spiro atoms. The molecule has 0 amide bonds. The Morgan fingerprint density at radius 1 is 0.778 bits per heavy atom. The summed E-state index contributed by atoms with van der Waals surface area (Å²) in [5.41, 5.74) is 2.86. The molecule has 0 saturated carbocycles. The van der Waals surface area contributed by atoms with Gasteiger partial charge in [0.05, 0.1) is 0 Å². The summed E-state index contributed by atoms with van der Waals surface area (Å²) in [6.45, 7) is 4.42. The molecule has 18 heavy (non-hydrogen) atoms. The first-order chi connectivity index (χ1) is 8.31. The molecule has 2 aromatic carbocycles. The molecule has 2 heteroatoms. The van der Waals surface area contributed by atoms with Crippen LogP contribution in [0.15, 0.2) is 48.5 Å². The predicted octanol–water partition coefficient (Wildman–Crippen LogP) is 3.86. The van der Waals surface area contributed by atoms with E-state index in [4.69, 9.17) is 0 Å². The molecule has 0 fully saturated rings. The SMILES string of the molecule is CCc1cccc(Pc2cccc(CC)c2)c1.Cl. The quantitative estimate of drug-likeness (QED) is 0.745. The lowest BCUT2D eigenvalue weighted by molar-refractivity contribution is 1.14. The molecule has 96 valence electrons. The second-order valence-electron chi connectivity index (χ2n) is 4.23. The zero-order chi connectivity index (χ0) is 12.1. The van der Waals surface area contributed by atoms with Crippen LogP contribution < -0.4 is 10.6 Å². The zero-order valence-corrected chi connectivity index (χ0v) is 12.8. The van der Waals surface area contributed by atoms with E-state index in [-0.39, 0.29) is 12.4 Å². The Hall–Kier alpha value is -0.840. The first-order valence-corrected chi connectivity index (χ1v) is 7.26. The largest absolute Gasteiger partial charge is 0.147 e. The lowest BCUT2D eigenvalue weighted by Crippen LogP contribution is -2.04. The minimum atomic E-state index is 0. The van der Waals surface area contributed by atoms with Crippen molar-refractivity contribution in [2.45, 2.75) is 26.7 Å². The van der Waals surface area contributed by atoms with Crippen LogP contribution in [0.3, 0.4) is 0 Å². The normalized spacial score (nSPS) is 9.89. The van der Waals surface area contributed by atoms with E-state index < -0.39 is 0 Å². The highest BCUT2D eigenvalue weighted by Gasteiger charge is 1.98. The Balaban J connectivity index is 0.00000162. The van der Waals surface area contributed by atoms with Gasteiger partial charge in [0.1, 0.15) is 0 Å². The van der Waals surface area contributed by atoms with Crippen molar-refractivity contribution in [3.63, 3.8) is 0 Å². The second kappa shape index (κ2) is 7.56. The van der Waals surface area contributed by atoms with Gasteiger partial charge in [0.25, 0.3) is 0 Å². The van der Waals surface area contributed by atoms with Crippen LogP contribution in [0.5, 0.6) is 0 Å². The van der Waals surface area contributed by atoms with Crippen LogP contribution >= 0.6 is 21.0 Å². The molecule has 0 bridgehead atoms. The van der Waals surface area contributed by atoms with Gasteiger partial charge in [-0.3, -0.25) is 0 Å². The summed E-state index contributed by atoms with van der Waals surface area (Å²) in [4.78, 5) is 0. The van der Waals surface area contributed by atoms with E-state index in [1.54, 1.807) is 0 Å². The molecule has 0 saturated heterocycles. The first-order valence-electron chi connectivity index (χ1n) is 6.26. The molecule has 0 aliphatic heterocycles.